The predicted octanol–water partition coefficient (Wildman–Crippen LogP) is 4.13. The first-order chi connectivity index (χ1) is 12.7. The van der Waals surface area contributed by atoms with Crippen LogP contribution in [-0.4, -0.2) is 25.4 Å². The van der Waals surface area contributed by atoms with Crippen LogP contribution in [0.4, 0.5) is 0 Å². The van der Waals surface area contributed by atoms with Gasteiger partial charge in [0.2, 0.25) is 0 Å². The number of hydrogen-bond donors (Lipinski definition) is 1. The zero-order valence-corrected chi connectivity index (χ0v) is 15.5. The number of hydrogen-bond acceptors (Lipinski definition) is 4. The minimum Gasteiger partial charge on any atom is -0.491 e. The fraction of sp³-hybridized carbons (Fsp3) is 0.100. The number of halogens is 1. The molecule has 0 atom stereocenters. The van der Waals surface area contributed by atoms with Gasteiger partial charge in [0, 0.05) is 15.2 Å². The second-order valence-corrected chi connectivity index (χ2v) is 6.80. The quantitative estimate of drug-likeness (QED) is 0.383. The van der Waals surface area contributed by atoms with Gasteiger partial charge in [0.05, 0.1) is 6.61 Å². The third kappa shape index (κ3) is 3.63. The third-order valence-electron chi connectivity index (χ3n) is 4.13. The van der Waals surface area contributed by atoms with Gasteiger partial charge in [-0.15, -0.1) is 0 Å². The first kappa shape index (κ1) is 17.2. The summed E-state index contributed by atoms with van der Waals surface area (Å²) in [5.41, 5.74) is 2.22. The van der Waals surface area contributed by atoms with E-state index in [1.165, 1.54) is 0 Å². The molecule has 6 heteroatoms. The van der Waals surface area contributed by atoms with E-state index < -0.39 is 7.12 Å². The molecule has 0 saturated carbocycles. The molecule has 4 aromatic rings. The maximum atomic E-state index is 10.3. The van der Waals surface area contributed by atoms with Gasteiger partial charge in [0.1, 0.15) is 23.5 Å². The summed E-state index contributed by atoms with van der Waals surface area (Å²) in [7, 11) is -1.03. The highest BCUT2D eigenvalue weighted by atomic mass is 79.9. The minimum absolute atomic E-state index is 0.273. The smallest absolute Gasteiger partial charge is 0.491 e. The van der Waals surface area contributed by atoms with E-state index in [4.69, 9.17) is 13.8 Å². The van der Waals surface area contributed by atoms with Gasteiger partial charge in [0.15, 0.2) is 0 Å². The van der Waals surface area contributed by atoms with Gasteiger partial charge in [-0.1, -0.05) is 46.3 Å². The summed E-state index contributed by atoms with van der Waals surface area (Å²) in [6.45, 7) is 0.626. The molecule has 1 aromatic heterocycles. The monoisotopic (exact) mass is 410 g/mol. The summed E-state index contributed by atoms with van der Waals surface area (Å²) in [6, 6.07) is 21.0. The maximum Gasteiger partial charge on any atom is 0.491 e. The van der Waals surface area contributed by atoms with E-state index >= 15 is 0 Å². The lowest BCUT2D eigenvalue weighted by Gasteiger charge is -2.10. The first-order valence-corrected chi connectivity index (χ1v) is 9.09. The van der Waals surface area contributed by atoms with Crippen molar-refractivity contribution in [3.8, 4) is 5.75 Å². The molecule has 4 nitrogen and oxygen atoms in total. The van der Waals surface area contributed by atoms with Crippen LogP contribution in [0.3, 0.4) is 0 Å². The van der Waals surface area contributed by atoms with Gasteiger partial charge in [-0.2, -0.15) is 0 Å². The highest BCUT2D eigenvalue weighted by Crippen LogP contribution is 2.27. The van der Waals surface area contributed by atoms with Gasteiger partial charge in [0.25, 0.3) is 0 Å². The van der Waals surface area contributed by atoms with E-state index in [9.17, 15) is 5.02 Å². The molecular formula is C20H16BBrO4. The molecule has 0 aliphatic carbocycles. The van der Waals surface area contributed by atoms with Crippen LogP contribution < -0.4 is 10.2 Å². The Morgan fingerprint density at radius 1 is 0.885 bits per heavy atom. The number of para-hydroxylation sites is 1. The van der Waals surface area contributed by atoms with Crippen molar-refractivity contribution in [3.63, 3.8) is 0 Å². The molecule has 1 N–H and O–H groups in total. The molecule has 3 aromatic carbocycles. The molecule has 4 rings (SSSR count). The van der Waals surface area contributed by atoms with Crippen LogP contribution in [0, 0.1) is 0 Å². The van der Waals surface area contributed by atoms with E-state index in [2.05, 4.69) is 15.9 Å². The predicted molar refractivity (Wildman–Crippen MR) is 107 cm³/mol. The molecule has 0 bridgehead atoms. The molecule has 1 heterocycles. The molecule has 0 radical (unpaired) electrons. The van der Waals surface area contributed by atoms with Crippen LogP contribution in [0.1, 0.15) is 0 Å². The molecule has 0 saturated heterocycles. The van der Waals surface area contributed by atoms with Crippen molar-refractivity contribution < 1.29 is 18.8 Å². The van der Waals surface area contributed by atoms with E-state index in [1.807, 2.05) is 66.7 Å². The molecule has 0 aliphatic rings. The van der Waals surface area contributed by atoms with Crippen LogP contribution in [-0.2, 0) is 4.65 Å². The summed E-state index contributed by atoms with van der Waals surface area (Å²) in [6.07, 6.45) is 0. The molecule has 0 unspecified atom stereocenters. The van der Waals surface area contributed by atoms with Crippen LogP contribution >= 0.6 is 15.9 Å². The third-order valence-corrected chi connectivity index (χ3v) is 4.66. The molecule has 130 valence electrons. The van der Waals surface area contributed by atoms with Crippen LogP contribution in [0.15, 0.2) is 75.6 Å². The lowest BCUT2D eigenvalue weighted by molar-refractivity contribution is 0.197. The summed E-state index contributed by atoms with van der Waals surface area (Å²) in [4.78, 5) is 0. The van der Waals surface area contributed by atoms with Gasteiger partial charge < -0.3 is 18.8 Å². The highest BCUT2D eigenvalue weighted by molar-refractivity contribution is 9.10. The largest absolute Gasteiger partial charge is 0.491 e. The molecule has 0 spiro atoms. The Balaban J connectivity index is 1.39. The van der Waals surface area contributed by atoms with Gasteiger partial charge in [-0.05, 0) is 41.9 Å². The fourth-order valence-corrected chi connectivity index (χ4v) is 3.11. The van der Waals surface area contributed by atoms with Crippen molar-refractivity contribution >= 4 is 50.4 Å². The summed E-state index contributed by atoms with van der Waals surface area (Å²) in [5.74, 6) is 0.759. The minimum atomic E-state index is -1.03. The zero-order chi connectivity index (χ0) is 17.9. The standard InChI is InChI=1S/C20H16BBrO4/c22-15-6-8-16(9-7-15)24-11-12-25-21(23)14-5-10-18-17-3-1-2-4-19(17)26-20(18)13-14/h1-10,13,23H,11-12H2. The number of rotatable bonds is 6. The van der Waals surface area contributed by atoms with E-state index in [0.717, 1.165) is 32.2 Å². The molecular weight excluding hydrogens is 395 g/mol. The van der Waals surface area contributed by atoms with Crippen molar-refractivity contribution in [2.45, 2.75) is 0 Å². The molecule has 26 heavy (non-hydrogen) atoms. The Morgan fingerprint density at radius 3 is 2.50 bits per heavy atom. The van der Waals surface area contributed by atoms with E-state index in [0.29, 0.717) is 12.1 Å². The zero-order valence-electron chi connectivity index (χ0n) is 13.9. The second-order valence-electron chi connectivity index (χ2n) is 5.88. The molecule has 0 aliphatic heterocycles. The summed E-state index contributed by atoms with van der Waals surface area (Å²) >= 11 is 3.38. The Hall–Kier alpha value is -2.28. The maximum absolute atomic E-state index is 10.3. The van der Waals surface area contributed by atoms with E-state index in [-0.39, 0.29) is 6.61 Å². The van der Waals surface area contributed by atoms with Gasteiger partial charge >= 0.3 is 7.12 Å². The van der Waals surface area contributed by atoms with Crippen molar-refractivity contribution in [1.29, 1.82) is 0 Å². The Kier molecular flexibility index (Phi) is 4.97. The van der Waals surface area contributed by atoms with Crippen molar-refractivity contribution in [1.82, 2.24) is 0 Å². The highest BCUT2D eigenvalue weighted by Gasteiger charge is 2.18. The van der Waals surface area contributed by atoms with Gasteiger partial charge in [-0.25, -0.2) is 0 Å². The molecule has 0 fully saturated rings. The van der Waals surface area contributed by atoms with Crippen LogP contribution in [0.5, 0.6) is 5.75 Å². The average Bonchev–Trinajstić information content (AvgIpc) is 3.04. The fourth-order valence-electron chi connectivity index (χ4n) is 2.84. The normalized spacial score (nSPS) is 11.2. The number of furan rings is 1. The second kappa shape index (κ2) is 7.54. The number of fused-ring (bicyclic) bond motifs is 3. The average molecular weight is 411 g/mol. The van der Waals surface area contributed by atoms with Crippen LogP contribution in [0.25, 0.3) is 21.9 Å². The molecule has 0 amide bonds. The number of benzene rings is 3. The first-order valence-electron chi connectivity index (χ1n) is 8.30. The lowest BCUT2D eigenvalue weighted by atomic mass is 9.79. The van der Waals surface area contributed by atoms with Gasteiger partial charge in [-0.3, -0.25) is 0 Å². The van der Waals surface area contributed by atoms with Crippen LogP contribution in [0.2, 0.25) is 0 Å². The summed E-state index contributed by atoms with van der Waals surface area (Å²) in [5, 5.41) is 12.3. The van der Waals surface area contributed by atoms with E-state index in [1.54, 1.807) is 0 Å². The number of ether oxygens (including phenoxy) is 1. The van der Waals surface area contributed by atoms with Crippen molar-refractivity contribution in [2.75, 3.05) is 13.2 Å². The summed E-state index contributed by atoms with van der Waals surface area (Å²) < 4.78 is 17.9. The Labute approximate surface area is 159 Å². The lowest BCUT2D eigenvalue weighted by Crippen LogP contribution is -2.34. The van der Waals surface area contributed by atoms with Crippen molar-refractivity contribution in [3.05, 3.63) is 71.2 Å². The Bertz CT molecular complexity index is 1030. The van der Waals surface area contributed by atoms with Crippen molar-refractivity contribution in [2.24, 2.45) is 0 Å². The Morgan fingerprint density at radius 2 is 1.65 bits per heavy atom. The topological polar surface area (TPSA) is 51.8 Å². The SMILES string of the molecule is OB(OCCOc1ccc(Br)cc1)c1ccc2c(c1)oc1ccccc12.